The highest BCUT2D eigenvalue weighted by atomic mass is 35.5. The second-order valence-corrected chi connectivity index (χ2v) is 7.21. The first kappa shape index (κ1) is 17.3. The molecule has 0 bridgehead atoms. The first-order chi connectivity index (χ1) is 11.6. The van der Waals surface area contributed by atoms with Crippen LogP contribution < -0.4 is 5.32 Å². The molecule has 0 aromatic heterocycles. The van der Waals surface area contributed by atoms with Crippen molar-refractivity contribution in [3.05, 3.63) is 64.2 Å². The minimum atomic E-state index is 0.301. The van der Waals surface area contributed by atoms with Crippen LogP contribution in [0.1, 0.15) is 55.5 Å². The van der Waals surface area contributed by atoms with E-state index >= 15 is 0 Å². The van der Waals surface area contributed by atoms with E-state index in [0.29, 0.717) is 12.1 Å². The van der Waals surface area contributed by atoms with Crippen molar-refractivity contribution in [2.75, 3.05) is 18.4 Å². The standard InChI is InChI=1S/C21H27ClN2/c1-4-21(18-9-10-20(22)15(2)13-18)23-19-8-5-7-17(14-19)16(3)24-11-6-12-24/h5,7-10,13-14,16,21,23H,4,6,11-12H2,1-3H3/t16?,21-/m1/s1. The molecule has 1 aliphatic heterocycles. The van der Waals surface area contributed by atoms with Gasteiger partial charge in [0.25, 0.3) is 0 Å². The van der Waals surface area contributed by atoms with Crippen LogP contribution in [0.25, 0.3) is 0 Å². The summed E-state index contributed by atoms with van der Waals surface area (Å²) in [5.74, 6) is 0. The van der Waals surface area contributed by atoms with Crippen LogP contribution in [0.2, 0.25) is 5.02 Å². The summed E-state index contributed by atoms with van der Waals surface area (Å²) >= 11 is 6.17. The van der Waals surface area contributed by atoms with E-state index in [1.807, 2.05) is 6.07 Å². The molecule has 24 heavy (non-hydrogen) atoms. The largest absolute Gasteiger partial charge is 0.378 e. The van der Waals surface area contributed by atoms with Crippen molar-refractivity contribution in [1.29, 1.82) is 0 Å². The topological polar surface area (TPSA) is 15.3 Å². The maximum Gasteiger partial charge on any atom is 0.0511 e. The third-order valence-electron chi connectivity index (χ3n) is 5.14. The van der Waals surface area contributed by atoms with Crippen LogP contribution in [0.5, 0.6) is 0 Å². The minimum absolute atomic E-state index is 0.301. The molecule has 3 heteroatoms. The molecule has 0 radical (unpaired) electrons. The van der Waals surface area contributed by atoms with Crippen LogP contribution in [0.15, 0.2) is 42.5 Å². The van der Waals surface area contributed by atoms with Crippen molar-refractivity contribution in [3.63, 3.8) is 0 Å². The summed E-state index contributed by atoms with van der Waals surface area (Å²) in [6, 6.07) is 16.0. The Morgan fingerprint density at radius 3 is 2.54 bits per heavy atom. The van der Waals surface area contributed by atoms with Crippen molar-refractivity contribution in [3.8, 4) is 0 Å². The fourth-order valence-electron chi connectivity index (χ4n) is 3.33. The minimum Gasteiger partial charge on any atom is -0.378 e. The Labute approximate surface area is 150 Å². The van der Waals surface area contributed by atoms with Crippen LogP contribution in [0, 0.1) is 6.92 Å². The molecule has 0 amide bonds. The van der Waals surface area contributed by atoms with Crippen LogP contribution >= 0.6 is 11.6 Å². The molecule has 2 nitrogen and oxygen atoms in total. The number of rotatable bonds is 6. The van der Waals surface area contributed by atoms with Gasteiger partial charge < -0.3 is 5.32 Å². The molecule has 2 aromatic carbocycles. The van der Waals surface area contributed by atoms with Gasteiger partial charge in [0.2, 0.25) is 0 Å². The van der Waals surface area contributed by atoms with E-state index in [4.69, 9.17) is 11.6 Å². The highest BCUT2D eigenvalue weighted by Crippen LogP contribution is 2.30. The Morgan fingerprint density at radius 2 is 1.92 bits per heavy atom. The molecule has 2 aromatic rings. The highest BCUT2D eigenvalue weighted by Gasteiger charge is 2.21. The maximum atomic E-state index is 6.17. The number of hydrogen-bond donors (Lipinski definition) is 1. The van der Waals surface area contributed by atoms with Crippen LogP contribution in [0.4, 0.5) is 5.69 Å². The van der Waals surface area contributed by atoms with Gasteiger partial charge in [-0.2, -0.15) is 0 Å². The van der Waals surface area contributed by atoms with Gasteiger partial charge in [-0.3, -0.25) is 4.90 Å². The molecule has 2 atom stereocenters. The molecular weight excluding hydrogens is 316 g/mol. The molecule has 1 fully saturated rings. The zero-order chi connectivity index (χ0) is 17.1. The Morgan fingerprint density at radius 1 is 1.12 bits per heavy atom. The lowest BCUT2D eigenvalue weighted by molar-refractivity contribution is 0.128. The third-order valence-corrected chi connectivity index (χ3v) is 5.57. The second kappa shape index (κ2) is 7.58. The number of benzene rings is 2. The summed E-state index contributed by atoms with van der Waals surface area (Å²) in [6.07, 6.45) is 2.36. The van der Waals surface area contributed by atoms with Gasteiger partial charge in [-0.05, 0) is 74.7 Å². The van der Waals surface area contributed by atoms with Gasteiger partial charge in [0.15, 0.2) is 0 Å². The molecule has 1 unspecified atom stereocenters. The van der Waals surface area contributed by atoms with Gasteiger partial charge in [0.1, 0.15) is 0 Å². The summed E-state index contributed by atoms with van der Waals surface area (Å²) in [5, 5.41) is 4.53. The van der Waals surface area contributed by atoms with Crippen LogP contribution in [0.3, 0.4) is 0 Å². The number of nitrogens with zero attached hydrogens (tertiary/aromatic N) is 1. The number of anilines is 1. The van der Waals surface area contributed by atoms with Crippen molar-refractivity contribution >= 4 is 17.3 Å². The average Bonchev–Trinajstić information content (AvgIpc) is 2.54. The molecule has 0 spiro atoms. The fourth-order valence-corrected chi connectivity index (χ4v) is 3.45. The van der Waals surface area contributed by atoms with Gasteiger partial charge in [-0.15, -0.1) is 0 Å². The van der Waals surface area contributed by atoms with Gasteiger partial charge in [0, 0.05) is 16.8 Å². The lowest BCUT2D eigenvalue weighted by atomic mass is 10.0. The third kappa shape index (κ3) is 3.76. The lowest BCUT2D eigenvalue weighted by Gasteiger charge is -2.36. The van der Waals surface area contributed by atoms with E-state index in [-0.39, 0.29) is 0 Å². The predicted octanol–water partition coefficient (Wildman–Crippen LogP) is 5.98. The summed E-state index contributed by atoms with van der Waals surface area (Å²) in [6.45, 7) is 9.03. The number of aryl methyl sites for hydroxylation is 1. The first-order valence-corrected chi connectivity index (χ1v) is 9.33. The van der Waals surface area contributed by atoms with Gasteiger partial charge in [-0.1, -0.05) is 42.8 Å². The molecule has 1 N–H and O–H groups in total. The monoisotopic (exact) mass is 342 g/mol. The molecule has 0 saturated carbocycles. The van der Waals surface area contributed by atoms with Crippen molar-refractivity contribution < 1.29 is 0 Å². The molecule has 3 rings (SSSR count). The lowest BCUT2D eigenvalue weighted by Crippen LogP contribution is -2.38. The van der Waals surface area contributed by atoms with E-state index in [2.05, 4.69) is 67.4 Å². The maximum absolute atomic E-state index is 6.17. The molecule has 1 heterocycles. The Kier molecular flexibility index (Phi) is 5.47. The Bertz CT molecular complexity index is 694. The average molecular weight is 343 g/mol. The zero-order valence-electron chi connectivity index (χ0n) is 14.8. The van der Waals surface area contributed by atoms with Crippen LogP contribution in [-0.2, 0) is 0 Å². The Hall–Kier alpha value is -1.51. The SMILES string of the molecule is CC[C@@H](Nc1cccc(C(C)N2CCC2)c1)c1ccc(Cl)c(C)c1. The number of hydrogen-bond acceptors (Lipinski definition) is 2. The molecule has 1 saturated heterocycles. The van der Waals surface area contributed by atoms with E-state index in [9.17, 15) is 0 Å². The van der Waals surface area contributed by atoms with Gasteiger partial charge in [-0.25, -0.2) is 0 Å². The van der Waals surface area contributed by atoms with Crippen molar-refractivity contribution in [2.45, 2.75) is 45.7 Å². The van der Waals surface area contributed by atoms with E-state index in [1.165, 1.54) is 36.3 Å². The van der Waals surface area contributed by atoms with Gasteiger partial charge in [0.05, 0.1) is 6.04 Å². The quantitative estimate of drug-likeness (QED) is 0.694. The summed E-state index contributed by atoms with van der Waals surface area (Å²) in [7, 11) is 0. The first-order valence-electron chi connectivity index (χ1n) is 8.95. The van der Waals surface area contributed by atoms with Crippen LogP contribution in [-0.4, -0.2) is 18.0 Å². The molecular formula is C21H27ClN2. The smallest absolute Gasteiger partial charge is 0.0511 e. The normalized spacial score (nSPS) is 17.2. The van der Waals surface area contributed by atoms with E-state index in [0.717, 1.165) is 17.0 Å². The van der Waals surface area contributed by atoms with Crippen molar-refractivity contribution in [2.24, 2.45) is 0 Å². The molecule has 1 aliphatic rings. The number of likely N-dealkylation sites (tertiary alicyclic amines) is 1. The molecule has 128 valence electrons. The number of halogens is 1. The summed E-state index contributed by atoms with van der Waals surface area (Å²) in [4.78, 5) is 2.53. The van der Waals surface area contributed by atoms with E-state index < -0.39 is 0 Å². The summed E-state index contributed by atoms with van der Waals surface area (Å²) < 4.78 is 0. The predicted molar refractivity (Wildman–Crippen MR) is 104 cm³/mol. The van der Waals surface area contributed by atoms with E-state index in [1.54, 1.807) is 0 Å². The highest BCUT2D eigenvalue weighted by molar-refractivity contribution is 6.31. The Balaban J connectivity index is 1.76. The van der Waals surface area contributed by atoms with Crippen molar-refractivity contribution in [1.82, 2.24) is 4.90 Å². The summed E-state index contributed by atoms with van der Waals surface area (Å²) in [5.41, 5.74) is 5.01. The fraction of sp³-hybridized carbons (Fsp3) is 0.429. The number of nitrogens with one attached hydrogen (secondary N) is 1. The second-order valence-electron chi connectivity index (χ2n) is 6.80. The molecule has 0 aliphatic carbocycles. The zero-order valence-corrected chi connectivity index (χ0v) is 15.6. The van der Waals surface area contributed by atoms with Gasteiger partial charge >= 0.3 is 0 Å².